The van der Waals surface area contributed by atoms with Gasteiger partial charge in [-0.25, -0.2) is 4.79 Å². The highest BCUT2D eigenvalue weighted by atomic mass is 16.6. The average Bonchev–Trinajstić information content (AvgIpc) is 3.04. The first-order valence-electron chi connectivity index (χ1n) is 15.4. The molecule has 7 nitrogen and oxygen atoms in total. The summed E-state index contributed by atoms with van der Waals surface area (Å²) in [5.74, 6) is 0.663. The molecule has 3 aromatic carbocycles. The monoisotopic (exact) mass is 590 g/mol. The topological polar surface area (TPSA) is 78.0 Å². The molecule has 0 spiro atoms. The Balaban J connectivity index is 1.35. The summed E-state index contributed by atoms with van der Waals surface area (Å²) in [6.07, 6.45) is 2.51. The number of carbonyl (C=O) groups is 2. The van der Waals surface area contributed by atoms with Gasteiger partial charge in [-0.1, -0.05) is 54.6 Å². The lowest BCUT2D eigenvalue weighted by Crippen LogP contribution is -2.36. The number of hydrogen-bond acceptors (Lipinski definition) is 6. The molecule has 44 heavy (non-hydrogen) atoms. The van der Waals surface area contributed by atoms with Crippen molar-refractivity contribution < 1.29 is 23.8 Å². The van der Waals surface area contributed by atoms with Crippen LogP contribution in [0.25, 0.3) is 22.3 Å². The van der Waals surface area contributed by atoms with E-state index in [-0.39, 0.29) is 25.1 Å². The van der Waals surface area contributed by atoms with E-state index in [0.717, 1.165) is 82.0 Å². The van der Waals surface area contributed by atoms with Gasteiger partial charge in [-0.05, 0) is 96.7 Å². The summed E-state index contributed by atoms with van der Waals surface area (Å²) in [5.41, 5.74) is 11.2. The number of nitrogens with zero attached hydrogens (tertiary/aromatic N) is 2. The maximum absolute atomic E-state index is 12.9. The fourth-order valence-corrected chi connectivity index (χ4v) is 6.32. The van der Waals surface area contributed by atoms with Gasteiger partial charge in [0, 0.05) is 30.0 Å². The van der Waals surface area contributed by atoms with Gasteiger partial charge in [0.25, 0.3) is 0 Å². The number of fused-ring (bicyclic) bond motifs is 2. The van der Waals surface area contributed by atoms with Crippen LogP contribution in [0.4, 0.5) is 4.79 Å². The van der Waals surface area contributed by atoms with Gasteiger partial charge >= 0.3 is 12.1 Å². The zero-order chi connectivity index (χ0) is 30.6. The van der Waals surface area contributed by atoms with Crippen LogP contribution >= 0.6 is 0 Å². The number of amides is 1. The van der Waals surface area contributed by atoms with Crippen LogP contribution in [0.5, 0.6) is 5.75 Å². The normalized spacial score (nSPS) is 13.8. The second-order valence-corrected chi connectivity index (χ2v) is 11.5. The number of aryl methyl sites for hydroxylation is 3. The SMILES string of the molecule is CCOC(=O)Cc1c(C)nc(C)c(-c2ccc3c(c2)CCN(C(=O)OCc2ccccc2)C3)c1-c1ccc2c(c1)CCCO2. The van der Waals surface area contributed by atoms with Crippen LogP contribution in [0.15, 0.2) is 66.7 Å². The molecule has 6 rings (SSSR count). The molecule has 1 amide bonds. The summed E-state index contributed by atoms with van der Waals surface area (Å²) in [6.45, 7) is 8.23. The molecule has 2 aliphatic heterocycles. The van der Waals surface area contributed by atoms with Crippen molar-refractivity contribution in [2.45, 2.75) is 59.6 Å². The molecule has 3 heterocycles. The number of pyridine rings is 1. The van der Waals surface area contributed by atoms with Crippen LogP contribution in [0, 0.1) is 13.8 Å². The second-order valence-electron chi connectivity index (χ2n) is 11.5. The molecule has 0 fully saturated rings. The molecule has 0 unspecified atom stereocenters. The molecule has 0 N–H and O–H groups in total. The first-order chi connectivity index (χ1) is 21.4. The Morgan fingerprint density at radius 3 is 2.45 bits per heavy atom. The lowest BCUT2D eigenvalue weighted by atomic mass is 9.85. The average molecular weight is 591 g/mol. The zero-order valence-corrected chi connectivity index (χ0v) is 25.7. The van der Waals surface area contributed by atoms with Crippen molar-refractivity contribution in [2.24, 2.45) is 0 Å². The third kappa shape index (κ3) is 6.18. The highest BCUT2D eigenvalue weighted by Crippen LogP contribution is 2.41. The summed E-state index contributed by atoms with van der Waals surface area (Å²) >= 11 is 0. The molecule has 7 heteroatoms. The first-order valence-corrected chi connectivity index (χ1v) is 15.4. The largest absolute Gasteiger partial charge is 0.493 e. The third-order valence-corrected chi connectivity index (χ3v) is 8.48. The predicted molar refractivity (Wildman–Crippen MR) is 169 cm³/mol. The minimum absolute atomic E-state index is 0.147. The van der Waals surface area contributed by atoms with E-state index in [0.29, 0.717) is 19.7 Å². The third-order valence-electron chi connectivity index (χ3n) is 8.48. The van der Waals surface area contributed by atoms with E-state index in [1.54, 1.807) is 4.90 Å². The summed E-state index contributed by atoms with van der Waals surface area (Å²) < 4.78 is 16.9. The molecular formula is C37H38N2O5. The Morgan fingerprint density at radius 2 is 1.64 bits per heavy atom. The van der Waals surface area contributed by atoms with Gasteiger partial charge in [0.15, 0.2) is 0 Å². The van der Waals surface area contributed by atoms with Crippen molar-refractivity contribution in [3.63, 3.8) is 0 Å². The molecule has 0 saturated heterocycles. The van der Waals surface area contributed by atoms with E-state index in [1.807, 2.05) is 57.2 Å². The smallest absolute Gasteiger partial charge is 0.410 e. The molecule has 0 bridgehead atoms. The number of carbonyl (C=O) groups excluding carboxylic acids is 2. The van der Waals surface area contributed by atoms with Crippen LogP contribution in [-0.2, 0) is 46.7 Å². The quantitative estimate of drug-likeness (QED) is 0.213. The van der Waals surface area contributed by atoms with Crippen molar-refractivity contribution in [3.8, 4) is 28.0 Å². The van der Waals surface area contributed by atoms with Crippen molar-refractivity contribution in [1.82, 2.24) is 9.88 Å². The first kappa shape index (κ1) is 29.4. The van der Waals surface area contributed by atoms with Crippen LogP contribution in [-0.4, -0.2) is 41.7 Å². The number of benzene rings is 3. The Morgan fingerprint density at radius 1 is 0.864 bits per heavy atom. The molecular weight excluding hydrogens is 552 g/mol. The summed E-state index contributed by atoms with van der Waals surface area (Å²) in [4.78, 5) is 32.4. The van der Waals surface area contributed by atoms with Crippen molar-refractivity contribution in [1.29, 1.82) is 0 Å². The van der Waals surface area contributed by atoms with Crippen LogP contribution in [0.2, 0.25) is 0 Å². The van der Waals surface area contributed by atoms with Gasteiger partial charge in [-0.3, -0.25) is 9.78 Å². The minimum Gasteiger partial charge on any atom is -0.493 e. The number of rotatable bonds is 7. The van der Waals surface area contributed by atoms with E-state index in [2.05, 4.69) is 30.3 Å². The van der Waals surface area contributed by atoms with Gasteiger partial charge in [-0.2, -0.15) is 0 Å². The van der Waals surface area contributed by atoms with E-state index < -0.39 is 0 Å². The van der Waals surface area contributed by atoms with Gasteiger partial charge in [0.2, 0.25) is 0 Å². The molecule has 0 aliphatic carbocycles. The van der Waals surface area contributed by atoms with Gasteiger partial charge in [-0.15, -0.1) is 0 Å². The maximum atomic E-state index is 12.9. The Labute approximate surface area is 258 Å². The zero-order valence-electron chi connectivity index (χ0n) is 25.7. The molecule has 1 aromatic heterocycles. The molecule has 0 atom stereocenters. The second kappa shape index (κ2) is 12.9. The molecule has 4 aromatic rings. The minimum atomic E-state index is -0.301. The Kier molecular flexibility index (Phi) is 8.64. The van der Waals surface area contributed by atoms with Gasteiger partial charge in [0.1, 0.15) is 12.4 Å². The van der Waals surface area contributed by atoms with Crippen LogP contribution in [0.1, 0.15) is 52.5 Å². The number of hydrogen-bond donors (Lipinski definition) is 0. The summed E-state index contributed by atoms with van der Waals surface area (Å²) in [6, 6.07) is 22.5. The van der Waals surface area contributed by atoms with Crippen molar-refractivity contribution in [2.75, 3.05) is 19.8 Å². The maximum Gasteiger partial charge on any atom is 0.410 e. The molecule has 0 radical (unpaired) electrons. The van der Waals surface area contributed by atoms with Gasteiger partial charge < -0.3 is 19.1 Å². The molecule has 0 saturated carbocycles. The van der Waals surface area contributed by atoms with E-state index >= 15 is 0 Å². The number of esters is 1. The van der Waals surface area contributed by atoms with Crippen LogP contribution in [0.3, 0.4) is 0 Å². The fourth-order valence-electron chi connectivity index (χ4n) is 6.32. The van der Waals surface area contributed by atoms with E-state index in [1.165, 1.54) is 11.1 Å². The predicted octanol–water partition coefficient (Wildman–Crippen LogP) is 7.16. The standard InChI is InChI=1S/C37H38N2O5/c1-4-42-34(40)21-32-24(2)38-25(3)35(36(32)30-14-15-33-28(20-30)11-8-18-43-33)29-12-13-31-22-39(17-16-27(31)19-29)37(41)44-23-26-9-6-5-7-10-26/h5-7,9-10,12-15,19-20H,4,8,11,16-18,21-23H2,1-3H3. The van der Waals surface area contributed by atoms with Crippen molar-refractivity contribution >= 4 is 12.1 Å². The Hall–Kier alpha value is -4.65. The summed E-state index contributed by atoms with van der Waals surface area (Å²) in [7, 11) is 0. The van der Waals surface area contributed by atoms with E-state index in [9.17, 15) is 9.59 Å². The molecule has 226 valence electrons. The number of aromatic nitrogens is 1. The van der Waals surface area contributed by atoms with Crippen LogP contribution < -0.4 is 4.74 Å². The fraction of sp³-hybridized carbons (Fsp3) is 0.324. The van der Waals surface area contributed by atoms with Crippen molar-refractivity contribution in [3.05, 3.63) is 106 Å². The Bertz CT molecular complexity index is 1700. The highest BCUT2D eigenvalue weighted by Gasteiger charge is 2.26. The molecule has 2 aliphatic rings. The lowest BCUT2D eigenvalue weighted by molar-refractivity contribution is -0.142. The van der Waals surface area contributed by atoms with Gasteiger partial charge in [0.05, 0.1) is 19.6 Å². The van der Waals surface area contributed by atoms with E-state index in [4.69, 9.17) is 19.2 Å². The lowest BCUT2D eigenvalue weighted by Gasteiger charge is -2.29. The summed E-state index contributed by atoms with van der Waals surface area (Å²) in [5, 5.41) is 0. The highest BCUT2D eigenvalue weighted by molar-refractivity contribution is 5.90. The number of ether oxygens (including phenoxy) is 3.